The molecule has 0 atom stereocenters. The zero-order valence-electron chi connectivity index (χ0n) is 47.4. The molecule has 0 amide bonds. The van der Waals surface area contributed by atoms with E-state index in [1.54, 1.807) is 11.8 Å². The van der Waals surface area contributed by atoms with Crippen LogP contribution in [0.3, 0.4) is 0 Å². The lowest BCUT2D eigenvalue weighted by molar-refractivity contribution is 0.108. The summed E-state index contributed by atoms with van der Waals surface area (Å²) in [6.07, 6.45) is 0. The maximum Gasteiger partial charge on any atom is 0.224 e. The molecule has 3 N–H and O–H groups in total. The molecule has 6 nitrogen and oxygen atoms in total. The molecule has 0 saturated carbocycles. The van der Waals surface area contributed by atoms with Gasteiger partial charge in [0, 0.05) is 75.2 Å². The number of nitrogens with one attached hydrogen (secondary N) is 1. The third kappa shape index (κ3) is 10.9. The summed E-state index contributed by atoms with van der Waals surface area (Å²) >= 11 is 4.08. The highest BCUT2D eigenvalue weighted by atomic mass is 32.2. The number of rotatable bonds is 9. The number of carbonyl (C=O) groups is 2. The number of anilines is 1. The number of allylic oxidation sites excluding steroid dienone is 1. The third-order valence-corrected chi connectivity index (χ3v) is 17.7. The van der Waals surface area contributed by atoms with Crippen LogP contribution in [-0.2, 0) is 21.7 Å². The Kier molecular flexibility index (Phi) is 14.6. The van der Waals surface area contributed by atoms with Gasteiger partial charge in [-0.1, -0.05) is 168 Å². The van der Waals surface area contributed by atoms with Crippen molar-refractivity contribution in [2.24, 2.45) is 5.10 Å². The van der Waals surface area contributed by atoms with Crippen LogP contribution in [0.4, 0.5) is 5.69 Å². The Labute approximate surface area is 479 Å². The molecule has 8 aromatic carbocycles. The second kappa shape index (κ2) is 20.9. The largest absolute Gasteiger partial charge is 0.507 e. The van der Waals surface area contributed by atoms with Crippen LogP contribution in [0.2, 0.25) is 0 Å². The molecular weight excluding hydrogens is 1030 g/mol. The summed E-state index contributed by atoms with van der Waals surface area (Å²) < 4.78 is 0. The van der Waals surface area contributed by atoms with Crippen molar-refractivity contribution >= 4 is 68.1 Å². The van der Waals surface area contributed by atoms with Crippen LogP contribution in [0.25, 0.3) is 33.4 Å². The molecule has 10 rings (SSSR count). The lowest BCUT2D eigenvalue weighted by Gasteiger charge is -2.28. The van der Waals surface area contributed by atoms with E-state index < -0.39 is 0 Å². The topological polar surface area (TPSA) is 99.0 Å². The molecule has 79 heavy (non-hydrogen) atoms. The molecule has 2 aliphatic carbocycles. The van der Waals surface area contributed by atoms with Gasteiger partial charge in [-0.15, -0.1) is 0 Å². The maximum atomic E-state index is 14.4. The first kappa shape index (κ1) is 55.3. The van der Waals surface area contributed by atoms with Gasteiger partial charge in [0.15, 0.2) is 0 Å². The van der Waals surface area contributed by atoms with Crippen LogP contribution in [0.5, 0.6) is 11.5 Å². The number of phenolic OH excluding ortho intramolecular Hbond substituents is 2. The molecular formula is C70H68N2O4S3. The molecule has 0 spiro atoms. The molecule has 0 aromatic heterocycles. The number of hydrogen-bond donors (Lipinski definition) is 3. The summed E-state index contributed by atoms with van der Waals surface area (Å²) in [6, 6.07) is 52.8. The smallest absolute Gasteiger partial charge is 0.224 e. The van der Waals surface area contributed by atoms with Crippen LogP contribution in [0.15, 0.2) is 182 Å². The number of phenols is 2. The first-order chi connectivity index (χ1) is 37.3. The molecule has 0 fully saturated rings. The van der Waals surface area contributed by atoms with Gasteiger partial charge in [-0.05, 0) is 176 Å². The Morgan fingerprint density at radius 1 is 0.430 bits per heavy atom. The van der Waals surface area contributed by atoms with Crippen LogP contribution in [0, 0.1) is 0 Å². The fourth-order valence-electron chi connectivity index (χ4n) is 10.8. The fraction of sp³-hybridized carbons (Fsp3) is 0.243. The van der Waals surface area contributed by atoms with Crippen LogP contribution in [0.1, 0.15) is 161 Å². The predicted molar refractivity (Wildman–Crippen MR) is 333 cm³/mol. The number of aromatic hydroxyl groups is 2. The van der Waals surface area contributed by atoms with Crippen LogP contribution < -0.4 is 5.43 Å². The fourth-order valence-corrected chi connectivity index (χ4v) is 13.1. The second-order valence-corrected chi connectivity index (χ2v) is 28.0. The predicted octanol–water partition coefficient (Wildman–Crippen LogP) is 19.1. The highest BCUT2D eigenvalue weighted by Gasteiger charge is 2.34. The van der Waals surface area contributed by atoms with E-state index in [-0.39, 0.29) is 31.9 Å². The average molecular weight is 1100 g/mol. The van der Waals surface area contributed by atoms with Crippen molar-refractivity contribution in [1.82, 2.24) is 0 Å². The SMILES string of the molecule is C/C(=C1/c2ccccc2-c2c(C(=O)Sc3ccc(Sc4ccc(SC(=O)c5cccc6c5-c5ccccc5/C6=N\Nc5cc(C(C)(C)C)c(O)c(C(C)(C)C)c5)cc4)cc3)cccc21)c1cc(C(C)(C)C)c(O)c(C(C)(C)C)c1. The zero-order chi connectivity index (χ0) is 56.5. The van der Waals surface area contributed by atoms with E-state index in [0.29, 0.717) is 22.6 Å². The Balaban J connectivity index is 0.841. The summed E-state index contributed by atoms with van der Waals surface area (Å²) in [5.74, 6) is 0.673. The number of carbonyl (C=O) groups excluding carboxylic acids is 2. The van der Waals surface area contributed by atoms with Gasteiger partial charge >= 0.3 is 0 Å². The van der Waals surface area contributed by atoms with Crippen molar-refractivity contribution in [2.45, 2.75) is 131 Å². The molecule has 0 bridgehead atoms. The molecule has 0 aliphatic heterocycles. The van der Waals surface area contributed by atoms with E-state index in [1.165, 1.54) is 23.5 Å². The molecule has 0 radical (unpaired) electrons. The van der Waals surface area contributed by atoms with E-state index in [9.17, 15) is 19.8 Å². The van der Waals surface area contributed by atoms with Crippen LogP contribution >= 0.6 is 35.3 Å². The van der Waals surface area contributed by atoms with Crippen molar-refractivity contribution < 1.29 is 19.8 Å². The standard InChI is InChI=1S/C70H68N2O4S3/c1-40(41-36-55(67(2,3)4)63(73)56(37-41)68(5,6)7)59-47-20-14-15-21-48(47)60-51(59)24-18-26-53(60)65(75)78-45-32-28-43(29-33-45)77-44-30-34-46(35-31-44)79-66(76)54-27-19-25-52-61(54)49-22-16-17-23-50(49)62(52)72-71-42-38-57(69(8,9)10)64(74)58(39-42)70(11,12)13/h14-39,71,73-74H,1-13H3/b59-40+,72-62+. The van der Waals surface area contributed by atoms with Gasteiger partial charge in [0.05, 0.1) is 11.4 Å². The molecule has 0 saturated heterocycles. The van der Waals surface area contributed by atoms with E-state index in [2.05, 4.69) is 150 Å². The van der Waals surface area contributed by atoms with Gasteiger partial charge in [0.2, 0.25) is 10.2 Å². The quantitative estimate of drug-likeness (QED) is 0.0747. The van der Waals surface area contributed by atoms with Crippen molar-refractivity contribution in [3.05, 3.63) is 219 Å². The molecule has 400 valence electrons. The monoisotopic (exact) mass is 1100 g/mol. The summed E-state index contributed by atoms with van der Waals surface area (Å²) in [4.78, 5) is 32.4. The highest BCUT2D eigenvalue weighted by molar-refractivity contribution is 8.14. The minimum Gasteiger partial charge on any atom is -0.507 e. The van der Waals surface area contributed by atoms with E-state index >= 15 is 0 Å². The minimum atomic E-state index is -0.290. The van der Waals surface area contributed by atoms with Gasteiger partial charge in [0.1, 0.15) is 11.5 Å². The summed E-state index contributed by atoms with van der Waals surface area (Å²) in [7, 11) is 0. The van der Waals surface area contributed by atoms with E-state index in [0.717, 1.165) is 114 Å². The number of fused-ring (bicyclic) bond motifs is 6. The highest BCUT2D eigenvalue weighted by Crippen LogP contribution is 2.51. The van der Waals surface area contributed by atoms with Gasteiger partial charge in [0.25, 0.3) is 0 Å². The third-order valence-electron chi connectivity index (χ3n) is 14.9. The number of nitrogens with zero attached hydrogens (tertiary/aromatic N) is 1. The van der Waals surface area contributed by atoms with Crippen LogP contribution in [-0.4, -0.2) is 26.2 Å². The lowest BCUT2D eigenvalue weighted by atomic mass is 9.77. The summed E-state index contributed by atoms with van der Waals surface area (Å²) in [5.41, 5.74) is 19.6. The second-order valence-electron chi connectivity index (χ2n) is 24.8. The summed E-state index contributed by atoms with van der Waals surface area (Å²) in [5, 5.41) is 27.8. The number of hydrogen-bond acceptors (Lipinski definition) is 9. The normalized spacial score (nSPS) is 14.2. The van der Waals surface area contributed by atoms with Crippen molar-refractivity contribution in [2.75, 3.05) is 5.43 Å². The molecule has 0 unspecified atom stereocenters. The van der Waals surface area contributed by atoms with Crippen molar-refractivity contribution in [3.63, 3.8) is 0 Å². The maximum absolute atomic E-state index is 14.4. The Bertz CT molecular complexity index is 3750. The Hall–Kier alpha value is -7.04. The average Bonchev–Trinajstić information content (AvgIpc) is 4.13. The molecule has 2 aliphatic rings. The van der Waals surface area contributed by atoms with Gasteiger partial charge in [-0.3, -0.25) is 15.0 Å². The molecule has 0 heterocycles. The van der Waals surface area contributed by atoms with Gasteiger partial charge in [-0.25, -0.2) is 0 Å². The summed E-state index contributed by atoms with van der Waals surface area (Å²) in [6.45, 7) is 27.6. The van der Waals surface area contributed by atoms with E-state index in [4.69, 9.17) is 5.10 Å². The van der Waals surface area contributed by atoms with E-state index in [1.807, 2.05) is 103 Å². The molecule has 9 heteroatoms. The van der Waals surface area contributed by atoms with Gasteiger partial charge < -0.3 is 10.2 Å². The number of hydrazone groups is 1. The first-order valence-corrected chi connectivity index (χ1v) is 29.3. The number of benzene rings is 8. The zero-order valence-corrected chi connectivity index (χ0v) is 49.8. The van der Waals surface area contributed by atoms with Crippen molar-refractivity contribution in [3.8, 4) is 33.8 Å². The Morgan fingerprint density at radius 2 is 0.797 bits per heavy atom. The minimum absolute atomic E-state index is 0.0198. The lowest BCUT2D eigenvalue weighted by Crippen LogP contribution is -2.17. The molecule has 8 aromatic rings. The van der Waals surface area contributed by atoms with Gasteiger partial charge in [-0.2, -0.15) is 5.10 Å². The Morgan fingerprint density at radius 3 is 1.25 bits per heavy atom. The van der Waals surface area contributed by atoms with Crippen molar-refractivity contribution in [1.29, 1.82) is 0 Å². The first-order valence-electron chi connectivity index (χ1n) is 26.9. The number of thioether (sulfide) groups is 2.